The van der Waals surface area contributed by atoms with E-state index in [1.807, 2.05) is 0 Å². The third-order valence-corrected chi connectivity index (χ3v) is 3.46. The van der Waals surface area contributed by atoms with Gasteiger partial charge in [-0.2, -0.15) is 0 Å². The highest BCUT2D eigenvalue weighted by Gasteiger charge is 2.12. The molecule has 1 aliphatic heterocycles. The summed E-state index contributed by atoms with van der Waals surface area (Å²) in [6.45, 7) is 6.60. The lowest BCUT2D eigenvalue weighted by Crippen LogP contribution is -2.37. The largest absolute Gasteiger partial charge is 0.376 e. The number of hydrogen-bond donors (Lipinski definition) is 1. The van der Waals surface area contributed by atoms with Crippen molar-refractivity contribution in [2.75, 3.05) is 32.9 Å². The van der Waals surface area contributed by atoms with Crippen molar-refractivity contribution in [3.05, 3.63) is 0 Å². The molecule has 0 aromatic rings. The average molecular weight is 257 g/mol. The van der Waals surface area contributed by atoms with Gasteiger partial charge >= 0.3 is 0 Å². The quantitative estimate of drug-likeness (QED) is 0.577. The zero-order valence-corrected chi connectivity index (χ0v) is 12.1. The van der Waals surface area contributed by atoms with Gasteiger partial charge in [-0.05, 0) is 13.0 Å². The van der Waals surface area contributed by atoms with E-state index in [9.17, 15) is 0 Å². The molecule has 1 N–H and O–H groups in total. The molecule has 1 heterocycles. The summed E-state index contributed by atoms with van der Waals surface area (Å²) in [6, 6.07) is 0. The summed E-state index contributed by atoms with van der Waals surface area (Å²) in [7, 11) is 0. The number of ether oxygens (including phenoxy) is 2. The summed E-state index contributed by atoms with van der Waals surface area (Å²) >= 11 is 0. The molecule has 3 heteroatoms. The van der Waals surface area contributed by atoms with Crippen LogP contribution < -0.4 is 5.32 Å². The Hall–Kier alpha value is -0.120. The molecule has 1 unspecified atom stereocenters. The molecule has 18 heavy (non-hydrogen) atoms. The minimum atomic E-state index is 0.271. The molecule has 0 radical (unpaired) electrons. The normalized spacial score (nSPS) is 20.2. The predicted molar refractivity (Wildman–Crippen MR) is 76.0 cm³/mol. The van der Waals surface area contributed by atoms with E-state index < -0.39 is 0 Å². The SMILES string of the molecule is CCCCCCCCCCNCC1COCCO1. The molecule has 1 rings (SSSR count). The van der Waals surface area contributed by atoms with Crippen molar-refractivity contribution in [1.29, 1.82) is 0 Å². The van der Waals surface area contributed by atoms with Crippen LogP contribution in [-0.2, 0) is 9.47 Å². The Labute approximate surface area is 113 Å². The van der Waals surface area contributed by atoms with Crippen LogP contribution in [0.3, 0.4) is 0 Å². The Balaban J connectivity index is 1.73. The van der Waals surface area contributed by atoms with Gasteiger partial charge in [-0.15, -0.1) is 0 Å². The minimum Gasteiger partial charge on any atom is -0.376 e. The molecule has 108 valence electrons. The minimum absolute atomic E-state index is 0.271. The van der Waals surface area contributed by atoms with Crippen molar-refractivity contribution in [2.45, 2.75) is 64.4 Å². The lowest BCUT2D eigenvalue weighted by atomic mass is 10.1. The molecular weight excluding hydrogens is 226 g/mol. The first-order chi connectivity index (χ1) is 8.93. The van der Waals surface area contributed by atoms with Crippen LogP contribution in [0, 0.1) is 0 Å². The maximum atomic E-state index is 5.57. The number of hydrogen-bond acceptors (Lipinski definition) is 3. The van der Waals surface area contributed by atoms with Crippen LogP contribution in [0.2, 0.25) is 0 Å². The molecule has 0 amide bonds. The maximum absolute atomic E-state index is 5.57. The fourth-order valence-electron chi connectivity index (χ4n) is 2.30. The van der Waals surface area contributed by atoms with E-state index in [-0.39, 0.29) is 6.10 Å². The first kappa shape index (κ1) is 15.9. The van der Waals surface area contributed by atoms with Gasteiger partial charge in [-0.3, -0.25) is 0 Å². The molecule has 0 spiro atoms. The van der Waals surface area contributed by atoms with Crippen LogP contribution in [0.5, 0.6) is 0 Å². The van der Waals surface area contributed by atoms with Gasteiger partial charge < -0.3 is 14.8 Å². The van der Waals surface area contributed by atoms with Crippen molar-refractivity contribution in [3.63, 3.8) is 0 Å². The fraction of sp³-hybridized carbons (Fsp3) is 1.00. The Morgan fingerprint density at radius 1 is 0.944 bits per heavy atom. The van der Waals surface area contributed by atoms with Crippen molar-refractivity contribution in [2.24, 2.45) is 0 Å². The number of unbranched alkanes of at least 4 members (excludes halogenated alkanes) is 7. The Kier molecular flexibility index (Phi) is 10.6. The van der Waals surface area contributed by atoms with Crippen LogP contribution in [0.4, 0.5) is 0 Å². The lowest BCUT2D eigenvalue weighted by Gasteiger charge is -2.23. The van der Waals surface area contributed by atoms with Crippen molar-refractivity contribution in [3.8, 4) is 0 Å². The van der Waals surface area contributed by atoms with Gasteiger partial charge in [0.1, 0.15) is 0 Å². The van der Waals surface area contributed by atoms with E-state index in [1.165, 1.54) is 51.4 Å². The van der Waals surface area contributed by atoms with E-state index in [0.29, 0.717) is 0 Å². The summed E-state index contributed by atoms with van der Waals surface area (Å²) in [5, 5.41) is 3.46. The van der Waals surface area contributed by atoms with Crippen molar-refractivity contribution < 1.29 is 9.47 Å². The van der Waals surface area contributed by atoms with Gasteiger partial charge in [0.25, 0.3) is 0 Å². The highest BCUT2D eigenvalue weighted by molar-refractivity contribution is 4.64. The fourth-order valence-corrected chi connectivity index (χ4v) is 2.30. The van der Waals surface area contributed by atoms with Crippen LogP contribution >= 0.6 is 0 Å². The molecular formula is C15H31NO2. The second kappa shape index (κ2) is 11.9. The average Bonchev–Trinajstić information content (AvgIpc) is 2.42. The van der Waals surface area contributed by atoms with Crippen LogP contribution in [0.1, 0.15) is 58.3 Å². The molecule has 0 aromatic heterocycles. The van der Waals surface area contributed by atoms with Gasteiger partial charge in [0.15, 0.2) is 0 Å². The van der Waals surface area contributed by atoms with Gasteiger partial charge in [-0.25, -0.2) is 0 Å². The molecule has 1 fully saturated rings. The molecule has 1 aliphatic rings. The molecule has 0 saturated carbocycles. The predicted octanol–water partition coefficient (Wildman–Crippen LogP) is 3.13. The van der Waals surface area contributed by atoms with Crippen LogP contribution in [0.15, 0.2) is 0 Å². The first-order valence-corrected chi connectivity index (χ1v) is 7.83. The summed E-state index contributed by atoms with van der Waals surface area (Å²) in [5.74, 6) is 0. The Morgan fingerprint density at radius 2 is 1.67 bits per heavy atom. The van der Waals surface area contributed by atoms with E-state index in [2.05, 4.69) is 12.2 Å². The standard InChI is InChI=1S/C15H31NO2/c1-2-3-4-5-6-7-8-9-10-16-13-15-14-17-11-12-18-15/h15-16H,2-14H2,1H3. The highest BCUT2D eigenvalue weighted by atomic mass is 16.6. The van der Waals surface area contributed by atoms with E-state index in [0.717, 1.165) is 32.9 Å². The summed E-state index contributed by atoms with van der Waals surface area (Å²) in [6.07, 6.45) is 11.3. The molecule has 0 aromatic carbocycles. The molecule has 1 atom stereocenters. The van der Waals surface area contributed by atoms with E-state index in [4.69, 9.17) is 9.47 Å². The monoisotopic (exact) mass is 257 g/mol. The zero-order chi connectivity index (χ0) is 12.9. The molecule has 0 bridgehead atoms. The lowest BCUT2D eigenvalue weighted by molar-refractivity contribution is -0.0863. The zero-order valence-electron chi connectivity index (χ0n) is 12.1. The van der Waals surface area contributed by atoms with Crippen molar-refractivity contribution >= 4 is 0 Å². The second-order valence-electron chi connectivity index (χ2n) is 5.25. The van der Waals surface area contributed by atoms with Crippen LogP contribution in [0.25, 0.3) is 0 Å². The van der Waals surface area contributed by atoms with Crippen molar-refractivity contribution in [1.82, 2.24) is 5.32 Å². The number of rotatable bonds is 11. The second-order valence-corrected chi connectivity index (χ2v) is 5.25. The third kappa shape index (κ3) is 8.90. The van der Waals surface area contributed by atoms with Gasteiger partial charge in [0.2, 0.25) is 0 Å². The van der Waals surface area contributed by atoms with E-state index >= 15 is 0 Å². The Morgan fingerprint density at radius 3 is 2.33 bits per heavy atom. The molecule has 3 nitrogen and oxygen atoms in total. The maximum Gasteiger partial charge on any atom is 0.0933 e. The van der Waals surface area contributed by atoms with E-state index in [1.54, 1.807) is 0 Å². The van der Waals surface area contributed by atoms with Gasteiger partial charge in [0, 0.05) is 6.54 Å². The summed E-state index contributed by atoms with van der Waals surface area (Å²) in [4.78, 5) is 0. The smallest absolute Gasteiger partial charge is 0.0933 e. The summed E-state index contributed by atoms with van der Waals surface area (Å²) < 4.78 is 10.9. The Bertz CT molecular complexity index is 170. The summed E-state index contributed by atoms with van der Waals surface area (Å²) in [5.41, 5.74) is 0. The van der Waals surface area contributed by atoms with Crippen LogP contribution in [-0.4, -0.2) is 39.0 Å². The molecule has 0 aliphatic carbocycles. The first-order valence-electron chi connectivity index (χ1n) is 7.83. The van der Waals surface area contributed by atoms with Gasteiger partial charge in [0.05, 0.1) is 25.9 Å². The number of nitrogens with one attached hydrogen (secondary N) is 1. The topological polar surface area (TPSA) is 30.5 Å². The molecule has 1 saturated heterocycles. The van der Waals surface area contributed by atoms with Gasteiger partial charge in [-0.1, -0.05) is 51.9 Å². The third-order valence-electron chi connectivity index (χ3n) is 3.46. The highest BCUT2D eigenvalue weighted by Crippen LogP contribution is 2.08.